The molecule has 17 heavy (non-hydrogen) atoms. The summed E-state index contributed by atoms with van der Waals surface area (Å²) in [5.41, 5.74) is -1.33. The summed E-state index contributed by atoms with van der Waals surface area (Å²) in [7, 11) is 0. The van der Waals surface area contributed by atoms with Crippen molar-refractivity contribution in [3.63, 3.8) is 0 Å². The lowest BCUT2D eigenvalue weighted by atomic mass is 10.0. The number of rotatable bonds is 6. The minimum Gasteiger partial charge on any atom is -0.466 e. The minimum absolute atomic E-state index is 0.213. The third kappa shape index (κ3) is 5.85. The number of ketones is 1. The minimum atomic E-state index is -1.33. The highest BCUT2D eigenvalue weighted by Crippen LogP contribution is 2.14. The summed E-state index contributed by atoms with van der Waals surface area (Å²) in [6, 6.07) is 0. The van der Waals surface area contributed by atoms with Crippen LogP contribution >= 0.6 is 0 Å². The third-order valence-electron chi connectivity index (χ3n) is 1.94. The Kier molecular flexibility index (Phi) is 6.17. The Labute approximate surface area is 101 Å². The monoisotopic (exact) mass is 242 g/mol. The maximum atomic E-state index is 11.7. The Morgan fingerprint density at radius 1 is 1.24 bits per heavy atom. The van der Waals surface area contributed by atoms with Crippen molar-refractivity contribution in [1.29, 1.82) is 0 Å². The van der Waals surface area contributed by atoms with Gasteiger partial charge in [0.05, 0.1) is 6.61 Å². The average molecular weight is 242 g/mol. The second kappa shape index (κ2) is 6.83. The van der Waals surface area contributed by atoms with Crippen molar-refractivity contribution in [2.45, 2.75) is 39.7 Å². The standard InChI is InChI=1S/C12H18O5/c1-5-7-10(14)17-12(3,4)9(13)8-11(15)16-6-2/h5,7H,6,8H2,1-4H3/b7-5+. The van der Waals surface area contributed by atoms with E-state index in [0.29, 0.717) is 0 Å². The van der Waals surface area contributed by atoms with E-state index in [0.717, 1.165) is 0 Å². The Bertz CT molecular complexity index is 328. The fourth-order valence-electron chi connectivity index (χ4n) is 1.03. The van der Waals surface area contributed by atoms with Gasteiger partial charge in [0.1, 0.15) is 6.42 Å². The topological polar surface area (TPSA) is 69.7 Å². The first kappa shape index (κ1) is 15.3. The van der Waals surface area contributed by atoms with Gasteiger partial charge in [0, 0.05) is 6.08 Å². The van der Waals surface area contributed by atoms with E-state index in [1.165, 1.54) is 26.0 Å². The molecule has 0 aliphatic heterocycles. The number of hydrogen-bond donors (Lipinski definition) is 0. The Hall–Kier alpha value is -1.65. The molecule has 0 saturated heterocycles. The molecule has 0 fully saturated rings. The predicted molar refractivity (Wildman–Crippen MR) is 61.2 cm³/mol. The first-order valence-electron chi connectivity index (χ1n) is 5.38. The molecule has 0 rings (SSSR count). The maximum Gasteiger partial charge on any atom is 0.331 e. The maximum absolute atomic E-state index is 11.7. The third-order valence-corrected chi connectivity index (χ3v) is 1.94. The van der Waals surface area contributed by atoms with Gasteiger partial charge in [-0.3, -0.25) is 9.59 Å². The predicted octanol–water partition coefficient (Wildman–Crippen LogP) is 1.41. The fraction of sp³-hybridized carbons (Fsp3) is 0.583. The molecule has 5 heteroatoms. The van der Waals surface area contributed by atoms with Gasteiger partial charge in [-0.2, -0.15) is 0 Å². The molecular weight excluding hydrogens is 224 g/mol. The molecule has 0 saturated carbocycles. The SMILES string of the molecule is C/C=C/C(=O)OC(C)(C)C(=O)CC(=O)OCC. The molecule has 5 nitrogen and oxygen atoms in total. The highest BCUT2D eigenvalue weighted by molar-refractivity contribution is 6.01. The van der Waals surface area contributed by atoms with Crippen LogP contribution in [0.5, 0.6) is 0 Å². The molecule has 0 aromatic heterocycles. The van der Waals surface area contributed by atoms with E-state index in [9.17, 15) is 14.4 Å². The van der Waals surface area contributed by atoms with Gasteiger partial charge in [0.25, 0.3) is 0 Å². The first-order valence-corrected chi connectivity index (χ1v) is 5.38. The van der Waals surface area contributed by atoms with Crippen molar-refractivity contribution in [3.8, 4) is 0 Å². The highest BCUT2D eigenvalue weighted by atomic mass is 16.6. The van der Waals surface area contributed by atoms with Gasteiger partial charge in [-0.1, -0.05) is 6.08 Å². The summed E-state index contributed by atoms with van der Waals surface area (Å²) in [4.78, 5) is 34.0. The largest absolute Gasteiger partial charge is 0.466 e. The van der Waals surface area contributed by atoms with Crippen molar-refractivity contribution < 1.29 is 23.9 Å². The lowest BCUT2D eigenvalue weighted by Crippen LogP contribution is -2.38. The van der Waals surface area contributed by atoms with Crippen LogP contribution in [-0.2, 0) is 23.9 Å². The molecule has 0 N–H and O–H groups in total. The Balaban J connectivity index is 4.44. The first-order chi connectivity index (χ1) is 7.83. The van der Waals surface area contributed by atoms with Crippen LogP contribution < -0.4 is 0 Å². The number of esters is 2. The van der Waals surface area contributed by atoms with Crippen LogP contribution in [0.15, 0.2) is 12.2 Å². The van der Waals surface area contributed by atoms with Crippen molar-refractivity contribution >= 4 is 17.7 Å². The van der Waals surface area contributed by atoms with Gasteiger partial charge in [-0.05, 0) is 27.7 Å². The van der Waals surface area contributed by atoms with Gasteiger partial charge < -0.3 is 9.47 Å². The molecule has 0 heterocycles. The number of ether oxygens (including phenoxy) is 2. The molecule has 0 atom stereocenters. The molecular formula is C12H18O5. The summed E-state index contributed by atoms with van der Waals surface area (Å²) >= 11 is 0. The lowest BCUT2D eigenvalue weighted by Gasteiger charge is -2.22. The molecule has 0 spiro atoms. The van der Waals surface area contributed by atoms with Crippen molar-refractivity contribution in [1.82, 2.24) is 0 Å². The van der Waals surface area contributed by atoms with E-state index in [1.54, 1.807) is 13.8 Å². The van der Waals surface area contributed by atoms with E-state index in [2.05, 4.69) is 4.74 Å². The van der Waals surface area contributed by atoms with Gasteiger partial charge in [-0.15, -0.1) is 0 Å². The van der Waals surface area contributed by atoms with Crippen molar-refractivity contribution in [3.05, 3.63) is 12.2 Å². The molecule has 0 bridgehead atoms. The highest BCUT2D eigenvalue weighted by Gasteiger charge is 2.32. The van der Waals surface area contributed by atoms with Gasteiger partial charge in [-0.25, -0.2) is 4.79 Å². The van der Waals surface area contributed by atoms with Crippen molar-refractivity contribution in [2.24, 2.45) is 0 Å². The number of carbonyl (C=O) groups is 3. The molecule has 0 aliphatic carbocycles. The van der Waals surface area contributed by atoms with Gasteiger partial charge in [0.15, 0.2) is 11.4 Å². The van der Waals surface area contributed by atoms with E-state index < -0.39 is 29.7 Å². The zero-order valence-corrected chi connectivity index (χ0v) is 10.6. The number of carbonyl (C=O) groups excluding carboxylic acids is 3. The van der Waals surface area contributed by atoms with E-state index in [-0.39, 0.29) is 6.61 Å². The van der Waals surface area contributed by atoms with Crippen LogP contribution in [0.25, 0.3) is 0 Å². The molecule has 0 aromatic rings. The van der Waals surface area contributed by atoms with Crippen LogP contribution in [0.1, 0.15) is 34.1 Å². The summed E-state index contributed by atoms with van der Waals surface area (Å²) < 4.78 is 9.58. The molecule has 0 amide bonds. The smallest absolute Gasteiger partial charge is 0.331 e. The van der Waals surface area contributed by atoms with E-state index >= 15 is 0 Å². The van der Waals surface area contributed by atoms with Crippen LogP contribution in [0, 0.1) is 0 Å². The normalized spacial score (nSPS) is 11.3. The number of Topliss-reactive ketones (excluding diaryl/α,β-unsaturated/α-hetero) is 1. The van der Waals surface area contributed by atoms with Crippen LogP contribution in [0.3, 0.4) is 0 Å². The van der Waals surface area contributed by atoms with Crippen molar-refractivity contribution in [2.75, 3.05) is 6.61 Å². The summed E-state index contributed by atoms with van der Waals surface area (Å²) in [5, 5.41) is 0. The number of hydrogen-bond acceptors (Lipinski definition) is 5. The van der Waals surface area contributed by atoms with Crippen LogP contribution in [0.4, 0.5) is 0 Å². The summed E-state index contributed by atoms with van der Waals surface area (Å²) in [6.45, 7) is 6.41. The van der Waals surface area contributed by atoms with Gasteiger partial charge in [0.2, 0.25) is 0 Å². The zero-order chi connectivity index (χ0) is 13.5. The van der Waals surface area contributed by atoms with Crippen LogP contribution in [-0.4, -0.2) is 29.9 Å². The molecule has 0 aliphatic rings. The fourth-order valence-corrected chi connectivity index (χ4v) is 1.03. The average Bonchev–Trinajstić information content (AvgIpc) is 2.17. The van der Waals surface area contributed by atoms with Crippen LogP contribution in [0.2, 0.25) is 0 Å². The quantitative estimate of drug-likeness (QED) is 0.400. The molecule has 0 aromatic carbocycles. The molecule has 0 unspecified atom stereocenters. The lowest BCUT2D eigenvalue weighted by molar-refractivity contribution is -0.162. The van der Waals surface area contributed by atoms with E-state index in [4.69, 9.17) is 4.74 Å². The zero-order valence-electron chi connectivity index (χ0n) is 10.6. The second-order valence-electron chi connectivity index (χ2n) is 3.84. The number of allylic oxidation sites excluding steroid dienone is 1. The summed E-state index contributed by atoms with van der Waals surface area (Å²) in [6.07, 6.45) is 2.32. The Morgan fingerprint density at radius 2 is 1.82 bits per heavy atom. The molecule has 96 valence electrons. The van der Waals surface area contributed by atoms with E-state index in [1.807, 2.05) is 0 Å². The Morgan fingerprint density at radius 3 is 2.29 bits per heavy atom. The second-order valence-corrected chi connectivity index (χ2v) is 3.84. The molecule has 0 radical (unpaired) electrons. The van der Waals surface area contributed by atoms with Gasteiger partial charge >= 0.3 is 11.9 Å². The summed E-state index contributed by atoms with van der Waals surface area (Å²) in [5.74, 6) is -1.73.